The number of rotatable bonds is 6. The minimum Gasteiger partial charge on any atom is -0.457 e. The maximum atomic E-state index is 6.10. The SMILES string of the molecule is C=CCC[C@H](N)c1ccc(Oc2ccccc2)cc1.Cl. The molecular formula is C17H20ClNO. The molecule has 0 radical (unpaired) electrons. The molecule has 106 valence electrons. The molecule has 0 amide bonds. The van der Waals surface area contributed by atoms with E-state index in [4.69, 9.17) is 10.5 Å². The first-order chi connectivity index (χ1) is 9.29. The van der Waals surface area contributed by atoms with E-state index in [9.17, 15) is 0 Å². The number of ether oxygens (including phenoxy) is 1. The van der Waals surface area contributed by atoms with Crippen molar-refractivity contribution in [2.24, 2.45) is 5.73 Å². The lowest BCUT2D eigenvalue weighted by Gasteiger charge is -2.12. The van der Waals surface area contributed by atoms with E-state index in [0.717, 1.165) is 29.9 Å². The van der Waals surface area contributed by atoms with E-state index in [1.807, 2.05) is 60.7 Å². The number of benzene rings is 2. The summed E-state index contributed by atoms with van der Waals surface area (Å²) in [6.45, 7) is 3.71. The van der Waals surface area contributed by atoms with E-state index >= 15 is 0 Å². The summed E-state index contributed by atoms with van der Waals surface area (Å²) in [6, 6.07) is 17.7. The van der Waals surface area contributed by atoms with Crippen LogP contribution in [-0.4, -0.2) is 0 Å². The molecule has 2 N–H and O–H groups in total. The van der Waals surface area contributed by atoms with Crippen LogP contribution >= 0.6 is 12.4 Å². The molecule has 0 aromatic heterocycles. The van der Waals surface area contributed by atoms with E-state index in [1.165, 1.54) is 0 Å². The fourth-order valence-corrected chi connectivity index (χ4v) is 1.87. The number of allylic oxidation sites excluding steroid dienone is 1. The van der Waals surface area contributed by atoms with Crippen molar-refractivity contribution in [2.45, 2.75) is 18.9 Å². The lowest BCUT2D eigenvalue weighted by Crippen LogP contribution is -2.09. The molecule has 0 saturated heterocycles. The van der Waals surface area contributed by atoms with Crippen LogP contribution < -0.4 is 10.5 Å². The van der Waals surface area contributed by atoms with Gasteiger partial charge in [0.25, 0.3) is 0 Å². The molecule has 2 aromatic rings. The van der Waals surface area contributed by atoms with Crippen molar-refractivity contribution in [1.29, 1.82) is 0 Å². The predicted molar refractivity (Wildman–Crippen MR) is 86.6 cm³/mol. The van der Waals surface area contributed by atoms with Gasteiger partial charge in [-0.2, -0.15) is 0 Å². The van der Waals surface area contributed by atoms with Crippen molar-refractivity contribution in [3.8, 4) is 11.5 Å². The predicted octanol–water partition coefficient (Wildman–Crippen LogP) is 4.87. The Morgan fingerprint density at radius 1 is 1.00 bits per heavy atom. The third-order valence-electron chi connectivity index (χ3n) is 2.97. The molecule has 2 aromatic carbocycles. The van der Waals surface area contributed by atoms with Gasteiger partial charge in [-0.15, -0.1) is 19.0 Å². The smallest absolute Gasteiger partial charge is 0.127 e. The molecule has 0 aliphatic heterocycles. The molecule has 0 bridgehead atoms. The van der Waals surface area contributed by atoms with Gasteiger partial charge in [0.15, 0.2) is 0 Å². The average Bonchev–Trinajstić information content (AvgIpc) is 2.46. The fourth-order valence-electron chi connectivity index (χ4n) is 1.87. The van der Waals surface area contributed by atoms with Gasteiger partial charge in [-0.1, -0.05) is 36.4 Å². The summed E-state index contributed by atoms with van der Waals surface area (Å²) in [4.78, 5) is 0. The highest BCUT2D eigenvalue weighted by atomic mass is 35.5. The van der Waals surface area contributed by atoms with E-state index < -0.39 is 0 Å². The zero-order valence-corrected chi connectivity index (χ0v) is 12.2. The Hall–Kier alpha value is -1.77. The minimum absolute atomic E-state index is 0. The molecule has 3 heteroatoms. The molecule has 20 heavy (non-hydrogen) atoms. The molecular weight excluding hydrogens is 270 g/mol. The lowest BCUT2D eigenvalue weighted by atomic mass is 10.0. The van der Waals surface area contributed by atoms with Gasteiger partial charge < -0.3 is 10.5 Å². The number of hydrogen-bond acceptors (Lipinski definition) is 2. The highest BCUT2D eigenvalue weighted by Crippen LogP contribution is 2.23. The van der Waals surface area contributed by atoms with Crippen LogP contribution in [-0.2, 0) is 0 Å². The van der Waals surface area contributed by atoms with E-state index in [-0.39, 0.29) is 18.4 Å². The summed E-state index contributed by atoms with van der Waals surface area (Å²) in [7, 11) is 0. The van der Waals surface area contributed by atoms with Crippen LogP contribution in [0.4, 0.5) is 0 Å². The van der Waals surface area contributed by atoms with E-state index in [2.05, 4.69) is 6.58 Å². The third-order valence-corrected chi connectivity index (χ3v) is 2.97. The Morgan fingerprint density at radius 2 is 1.60 bits per heavy atom. The zero-order chi connectivity index (χ0) is 13.5. The number of nitrogens with two attached hydrogens (primary N) is 1. The topological polar surface area (TPSA) is 35.2 Å². The molecule has 0 heterocycles. The molecule has 0 saturated carbocycles. The fraction of sp³-hybridized carbons (Fsp3) is 0.176. The summed E-state index contributed by atoms with van der Waals surface area (Å²) in [5.41, 5.74) is 7.22. The first-order valence-corrected chi connectivity index (χ1v) is 6.49. The summed E-state index contributed by atoms with van der Waals surface area (Å²) in [6.07, 6.45) is 3.75. The normalized spacial score (nSPS) is 11.2. The molecule has 2 nitrogen and oxygen atoms in total. The van der Waals surface area contributed by atoms with Gasteiger partial charge in [0.1, 0.15) is 11.5 Å². The van der Waals surface area contributed by atoms with Crippen LogP contribution in [0.5, 0.6) is 11.5 Å². The summed E-state index contributed by atoms with van der Waals surface area (Å²) < 4.78 is 5.74. The molecule has 1 atom stereocenters. The Labute approximate surface area is 126 Å². The standard InChI is InChI=1S/C17H19NO.ClH/c1-2-3-9-17(18)14-10-12-16(13-11-14)19-15-7-5-4-6-8-15;/h2,4-8,10-13,17H,1,3,9,18H2;1H/t17-;/m0./s1. The van der Waals surface area contributed by atoms with Crippen LogP contribution in [0, 0.1) is 0 Å². The van der Waals surface area contributed by atoms with Crippen molar-refractivity contribution in [2.75, 3.05) is 0 Å². The Balaban J connectivity index is 0.00000200. The maximum Gasteiger partial charge on any atom is 0.127 e. The third kappa shape index (κ3) is 4.72. The lowest BCUT2D eigenvalue weighted by molar-refractivity contribution is 0.482. The molecule has 0 fully saturated rings. The second-order valence-electron chi connectivity index (χ2n) is 4.46. The Bertz CT molecular complexity index is 510. The van der Waals surface area contributed by atoms with Crippen molar-refractivity contribution in [3.05, 3.63) is 72.8 Å². The summed E-state index contributed by atoms with van der Waals surface area (Å²) >= 11 is 0. The van der Waals surface area contributed by atoms with Crippen molar-refractivity contribution in [3.63, 3.8) is 0 Å². The van der Waals surface area contributed by atoms with Gasteiger partial charge >= 0.3 is 0 Å². The molecule has 0 aliphatic carbocycles. The van der Waals surface area contributed by atoms with Gasteiger partial charge in [0, 0.05) is 6.04 Å². The highest BCUT2D eigenvalue weighted by Gasteiger charge is 2.05. The first-order valence-electron chi connectivity index (χ1n) is 6.49. The van der Waals surface area contributed by atoms with Gasteiger partial charge in [0.05, 0.1) is 0 Å². The highest BCUT2D eigenvalue weighted by molar-refractivity contribution is 5.85. The van der Waals surface area contributed by atoms with Crippen molar-refractivity contribution >= 4 is 12.4 Å². The summed E-state index contributed by atoms with van der Waals surface area (Å²) in [5.74, 6) is 1.66. The second kappa shape index (κ2) is 8.41. The monoisotopic (exact) mass is 289 g/mol. The van der Waals surface area contributed by atoms with Crippen LogP contribution in [0.25, 0.3) is 0 Å². The van der Waals surface area contributed by atoms with E-state index in [1.54, 1.807) is 0 Å². The van der Waals surface area contributed by atoms with Crippen molar-refractivity contribution in [1.82, 2.24) is 0 Å². The first kappa shape index (κ1) is 16.3. The van der Waals surface area contributed by atoms with E-state index in [0.29, 0.717) is 0 Å². The average molecular weight is 290 g/mol. The molecule has 0 unspecified atom stereocenters. The number of halogens is 1. The molecule has 0 aliphatic rings. The van der Waals surface area contributed by atoms with Crippen LogP contribution in [0.3, 0.4) is 0 Å². The minimum atomic E-state index is 0. The maximum absolute atomic E-state index is 6.10. The van der Waals surface area contributed by atoms with Gasteiger partial charge in [0.2, 0.25) is 0 Å². The van der Waals surface area contributed by atoms with Gasteiger partial charge in [-0.25, -0.2) is 0 Å². The second-order valence-corrected chi connectivity index (χ2v) is 4.46. The largest absolute Gasteiger partial charge is 0.457 e. The van der Waals surface area contributed by atoms with Crippen molar-refractivity contribution < 1.29 is 4.74 Å². The Kier molecular flexibility index (Phi) is 6.85. The van der Waals surface area contributed by atoms with Gasteiger partial charge in [-0.3, -0.25) is 0 Å². The van der Waals surface area contributed by atoms with Crippen LogP contribution in [0.2, 0.25) is 0 Å². The zero-order valence-electron chi connectivity index (χ0n) is 11.4. The van der Waals surface area contributed by atoms with Crippen LogP contribution in [0.1, 0.15) is 24.4 Å². The van der Waals surface area contributed by atoms with Crippen LogP contribution in [0.15, 0.2) is 67.3 Å². The number of hydrogen-bond donors (Lipinski definition) is 1. The molecule has 2 rings (SSSR count). The van der Waals surface area contributed by atoms with Gasteiger partial charge in [-0.05, 0) is 42.7 Å². The number of para-hydroxylation sites is 1. The quantitative estimate of drug-likeness (QED) is 0.770. The summed E-state index contributed by atoms with van der Waals surface area (Å²) in [5, 5.41) is 0. The Morgan fingerprint density at radius 3 is 2.20 bits per heavy atom. The molecule has 0 spiro atoms.